The van der Waals surface area contributed by atoms with Crippen LogP contribution >= 0.6 is 23.1 Å². The lowest BCUT2D eigenvalue weighted by atomic mass is 10.1. The van der Waals surface area contributed by atoms with Gasteiger partial charge < -0.3 is 10.6 Å². The minimum Gasteiger partial charge on any atom is -0.357 e. The number of rotatable bonds is 8. The molecule has 22 heavy (non-hydrogen) atoms. The van der Waals surface area contributed by atoms with Gasteiger partial charge >= 0.3 is 0 Å². The molecule has 0 atom stereocenters. The smallest absolute Gasteiger partial charge is 0.234 e. The summed E-state index contributed by atoms with van der Waals surface area (Å²) in [5.41, 5.74) is 2.06. The average molecular weight is 334 g/mol. The molecule has 0 aliphatic rings. The Hall–Kier alpha value is -1.86. The fraction of sp³-hybridized carbons (Fsp3) is 0.267. The first-order valence-electron chi connectivity index (χ1n) is 6.91. The highest BCUT2D eigenvalue weighted by molar-refractivity contribution is 8.01. The summed E-state index contributed by atoms with van der Waals surface area (Å²) in [6.07, 6.45) is 2.74. The molecule has 0 bridgehead atoms. The summed E-state index contributed by atoms with van der Waals surface area (Å²) in [6, 6.07) is 7.88. The average Bonchev–Trinajstić information content (AvgIpc) is 2.99. The van der Waals surface area contributed by atoms with E-state index >= 15 is 0 Å². The molecule has 1 aromatic heterocycles. The SMILES string of the molecule is C=CCNc1nnc(SCC(=O)Nc2ccc(CC)cc2)s1. The van der Waals surface area contributed by atoms with E-state index in [0.717, 1.165) is 21.6 Å². The number of carbonyl (C=O) groups is 1. The predicted molar refractivity (Wildman–Crippen MR) is 93.8 cm³/mol. The van der Waals surface area contributed by atoms with E-state index < -0.39 is 0 Å². The van der Waals surface area contributed by atoms with Crippen LogP contribution in [-0.2, 0) is 11.2 Å². The highest BCUT2D eigenvalue weighted by Crippen LogP contribution is 2.25. The Balaban J connectivity index is 1.79. The molecule has 5 nitrogen and oxygen atoms in total. The van der Waals surface area contributed by atoms with Crippen LogP contribution in [0.4, 0.5) is 10.8 Å². The Morgan fingerprint density at radius 1 is 1.36 bits per heavy atom. The fourth-order valence-corrected chi connectivity index (χ4v) is 3.21. The molecule has 1 aromatic carbocycles. The highest BCUT2D eigenvalue weighted by Gasteiger charge is 2.08. The van der Waals surface area contributed by atoms with Gasteiger partial charge in [-0.05, 0) is 24.1 Å². The van der Waals surface area contributed by atoms with E-state index in [1.807, 2.05) is 24.3 Å². The van der Waals surface area contributed by atoms with Crippen LogP contribution in [-0.4, -0.2) is 28.4 Å². The maximum atomic E-state index is 11.9. The lowest BCUT2D eigenvalue weighted by Crippen LogP contribution is -2.13. The number of aromatic nitrogens is 2. The van der Waals surface area contributed by atoms with Crippen molar-refractivity contribution >= 4 is 39.8 Å². The first-order valence-corrected chi connectivity index (χ1v) is 8.71. The molecule has 0 aliphatic carbocycles. The van der Waals surface area contributed by atoms with Gasteiger partial charge in [0.25, 0.3) is 0 Å². The molecular weight excluding hydrogens is 316 g/mol. The molecule has 0 unspecified atom stereocenters. The van der Waals surface area contributed by atoms with Gasteiger partial charge in [-0.2, -0.15) is 0 Å². The van der Waals surface area contributed by atoms with E-state index in [1.54, 1.807) is 6.08 Å². The number of nitrogens with one attached hydrogen (secondary N) is 2. The van der Waals surface area contributed by atoms with Crippen molar-refractivity contribution in [1.29, 1.82) is 0 Å². The zero-order valence-corrected chi connectivity index (χ0v) is 14.0. The van der Waals surface area contributed by atoms with E-state index in [-0.39, 0.29) is 5.91 Å². The lowest BCUT2D eigenvalue weighted by Gasteiger charge is -2.05. The number of amides is 1. The molecule has 2 rings (SSSR count). The van der Waals surface area contributed by atoms with Gasteiger partial charge in [0.2, 0.25) is 11.0 Å². The Bertz CT molecular complexity index is 625. The van der Waals surface area contributed by atoms with Crippen LogP contribution in [0.15, 0.2) is 41.3 Å². The second kappa shape index (κ2) is 8.55. The van der Waals surface area contributed by atoms with Gasteiger partial charge in [0, 0.05) is 12.2 Å². The summed E-state index contributed by atoms with van der Waals surface area (Å²) in [5.74, 6) is 0.260. The van der Waals surface area contributed by atoms with Crippen LogP contribution < -0.4 is 10.6 Å². The molecule has 2 aromatic rings. The van der Waals surface area contributed by atoms with Gasteiger partial charge in [0.1, 0.15) is 0 Å². The van der Waals surface area contributed by atoms with Crippen molar-refractivity contribution in [2.45, 2.75) is 17.7 Å². The Kier molecular flexibility index (Phi) is 6.42. The first kappa shape index (κ1) is 16.5. The monoisotopic (exact) mass is 334 g/mol. The maximum absolute atomic E-state index is 11.9. The Morgan fingerprint density at radius 3 is 2.82 bits per heavy atom. The molecule has 116 valence electrons. The maximum Gasteiger partial charge on any atom is 0.234 e. The molecule has 1 amide bonds. The minimum absolute atomic E-state index is 0.0509. The molecule has 7 heteroatoms. The largest absolute Gasteiger partial charge is 0.357 e. The van der Waals surface area contributed by atoms with Crippen molar-refractivity contribution in [3.8, 4) is 0 Å². The van der Waals surface area contributed by atoms with Crippen LogP contribution in [0.3, 0.4) is 0 Å². The second-order valence-electron chi connectivity index (χ2n) is 4.43. The van der Waals surface area contributed by atoms with Crippen LogP contribution in [0.2, 0.25) is 0 Å². The van der Waals surface area contributed by atoms with Gasteiger partial charge in [-0.25, -0.2) is 0 Å². The molecule has 0 aliphatic heterocycles. The number of anilines is 2. The molecule has 0 spiro atoms. The molecule has 0 radical (unpaired) electrons. The van der Waals surface area contributed by atoms with E-state index in [1.165, 1.54) is 28.7 Å². The van der Waals surface area contributed by atoms with Gasteiger partial charge in [-0.1, -0.05) is 48.2 Å². The molecule has 1 heterocycles. The number of carbonyl (C=O) groups excluding carboxylic acids is 1. The van der Waals surface area contributed by atoms with Crippen molar-refractivity contribution in [2.75, 3.05) is 22.9 Å². The summed E-state index contributed by atoms with van der Waals surface area (Å²) in [5, 5.41) is 14.7. The van der Waals surface area contributed by atoms with Crippen LogP contribution in [0.25, 0.3) is 0 Å². The van der Waals surface area contributed by atoms with Crippen LogP contribution in [0.5, 0.6) is 0 Å². The number of hydrogen-bond donors (Lipinski definition) is 2. The van der Waals surface area contributed by atoms with Gasteiger partial charge in [0.15, 0.2) is 4.34 Å². The molecule has 0 saturated heterocycles. The van der Waals surface area contributed by atoms with Crippen molar-refractivity contribution in [2.24, 2.45) is 0 Å². The summed E-state index contributed by atoms with van der Waals surface area (Å²) in [4.78, 5) is 11.9. The first-order chi connectivity index (χ1) is 10.7. The van der Waals surface area contributed by atoms with Crippen molar-refractivity contribution < 1.29 is 4.79 Å². The second-order valence-corrected chi connectivity index (χ2v) is 6.63. The third-order valence-corrected chi connectivity index (χ3v) is 4.79. The Morgan fingerprint density at radius 2 is 2.14 bits per heavy atom. The summed E-state index contributed by atoms with van der Waals surface area (Å²) >= 11 is 2.80. The quantitative estimate of drug-likeness (QED) is 0.572. The highest BCUT2D eigenvalue weighted by atomic mass is 32.2. The fourth-order valence-electron chi connectivity index (χ4n) is 1.65. The van der Waals surface area contributed by atoms with Crippen molar-refractivity contribution in [3.63, 3.8) is 0 Å². The normalized spacial score (nSPS) is 10.2. The number of aryl methyl sites for hydroxylation is 1. The van der Waals surface area contributed by atoms with Gasteiger partial charge in [-0.15, -0.1) is 16.8 Å². The molecule has 2 N–H and O–H groups in total. The zero-order chi connectivity index (χ0) is 15.8. The zero-order valence-electron chi connectivity index (χ0n) is 12.3. The lowest BCUT2D eigenvalue weighted by molar-refractivity contribution is -0.113. The minimum atomic E-state index is -0.0509. The third-order valence-electron chi connectivity index (χ3n) is 2.78. The van der Waals surface area contributed by atoms with Gasteiger partial charge in [0.05, 0.1) is 5.75 Å². The van der Waals surface area contributed by atoms with E-state index in [0.29, 0.717) is 12.3 Å². The van der Waals surface area contributed by atoms with E-state index in [9.17, 15) is 4.79 Å². The standard InChI is InChI=1S/C15H18N4OS2/c1-3-9-16-14-18-19-15(22-14)21-10-13(20)17-12-7-5-11(4-2)6-8-12/h3,5-8H,1,4,9-10H2,2H3,(H,16,18)(H,17,20). The summed E-state index contributed by atoms with van der Waals surface area (Å²) in [6.45, 7) is 6.38. The number of thioether (sulfide) groups is 1. The topological polar surface area (TPSA) is 66.9 Å². The summed E-state index contributed by atoms with van der Waals surface area (Å²) < 4.78 is 0.767. The van der Waals surface area contributed by atoms with Gasteiger partial charge in [-0.3, -0.25) is 4.79 Å². The number of benzene rings is 1. The van der Waals surface area contributed by atoms with E-state index in [4.69, 9.17) is 0 Å². The van der Waals surface area contributed by atoms with E-state index in [2.05, 4.69) is 34.3 Å². The number of hydrogen-bond acceptors (Lipinski definition) is 6. The van der Waals surface area contributed by atoms with Crippen LogP contribution in [0.1, 0.15) is 12.5 Å². The Labute approximate surface area is 138 Å². The summed E-state index contributed by atoms with van der Waals surface area (Å²) in [7, 11) is 0. The molecular formula is C15H18N4OS2. The number of nitrogens with zero attached hydrogens (tertiary/aromatic N) is 2. The third kappa shape index (κ3) is 5.16. The van der Waals surface area contributed by atoms with Crippen LogP contribution in [0, 0.1) is 0 Å². The van der Waals surface area contributed by atoms with Crippen molar-refractivity contribution in [1.82, 2.24) is 10.2 Å². The molecule has 0 saturated carbocycles. The van der Waals surface area contributed by atoms with Crippen molar-refractivity contribution in [3.05, 3.63) is 42.5 Å². The predicted octanol–water partition coefficient (Wildman–Crippen LogP) is 3.43. The molecule has 0 fully saturated rings.